The van der Waals surface area contributed by atoms with Crippen molar-refractivity contribution in [1.82, 2.24) is 6.15 Å². The van der Waals surface area contributed by atoms with Crippen molar-refractivity contribution in [2.45, 2.75) is 0 Å². The number of rotatable bonds is 1. The second kappa shape index (κ2) is 2.96. The molecule has 3 nitrogen and oxygen atoms in total. The smallest absolute Gasteiger partial charge is 0.0528 e. The molecule has 0 aromatic carbocycles. The van der Waals surface area contributed by atoms with Gasteiger partial charge in [0, 0.05) is 5.92 Å². The Bertz CT molecular complexity index is 42.2. The van der Waals surface area contributed by atoms with Crippen molar-refractivity contribution in [1.29, 1.82) is 0 Å². The third kappa shape index (κ3) is 1.43. The van der Waals surface area contributed by atoms with Crippen LogP contribution in [0.25, 0.3) is 0 Å². The van der Waals surface area contributed by atoms with Gasteiger partial charge >= 0.3 is 0 Å². The van der Waals surface area contributed by atoms with E-state index in [9.17, 15) is 0 Å². The Morgan fingerprint density at radius 1 is 1.57 bits per heavy atom. The molecule has 1 fully saturated rings. The van der Waals surface area contributed by atoms with E-state index >= 15 is 0 Å². The fraction of sp³-hybridized carbons (Fsp3) is 1.00. The Morgan fingerprint density at radius 3 is 2.14 bits per heavy atom. The number of hydrogen-bond acceptors (Lipinski definition) is 3. The van der Waals surface area contributed by atoms with Gasteiger partial charge in [0.05, 0.1) is 13.2 Å². The predicted octanol–water partition coefficient (Wildman–Crippen LogP) is -0.247. The van der Waals surface area contributed by atoms with E-state index in [1.165, 1.54) is 0 Å². The summed E-state index contributed by atoms with van der Waals surface area (Å²) in [5.74, 6) is 0.671. The zero-order valence-corrected chi connectivity index (χ0v) is 4.39. The normalized spacial score (nSPS) is 20.1. The summed E-state index contributed by atoms with van der Waals surface area (Å²) in [7, 11) is 0. The van der Waals surface area contributed by atoms with Crippen molar-refractivity contribution >= 4 is 0 Å². The molecule has 0 radical (unpaired) electrons. The van der Waals surface area contributed by atoms with Crippen molar-refractivity contribution in [3.05, 3.63) is 0 Å². The van der Waals surface area contributed by atoms with Gasteiger partial charge in [0.25, 0.3) is 0 Å². The lowest BCUT2D eigenvalue weighted by Crippen LogP contribution is -2.33. The van der Waals surface area contributed by atoms with Crippen LogP contribution < -0.4 is 11.9 Å². The molecule has 0 atom stereocenters. The van der Waals surface area contributed by atoms with Crippen LogP contribution in [0.1, 0.15) is 0 Å². The fourth-order valence-electron chi connectivity index (χ4n) is 0.421. The number of ether oxygens (including phenoxy) is 1. The molecule has 0 unspecified atom stereocenters. The first-order valence-electron chi connectivity index (χ1n) is 2.21. The lowest BCUT2D eigenvalue weighted by Gasteiger charge is -2.23. The summed E-state index contributed by atoms with van der Waals surface area (Å²) in [4.78, 5) is 0. The van der Waals surface area contributed by atoms with Crippen LogP contribution in [-0.2, 0) is 4.74 Å². The van der Waals surface area contributed by atoms with Gasteiger partial charge in [0.1, 0.15) is 0 Å². The first-order valence-corrected chi connectivity index (χ1v) is 2.21. The van der Waals surface area contributed by atoms with E-state index in [0.29, 0.717) is 5.92 Å². The molecule has 0 spiro atoms. The molecule has 0 amide bonds. The molecule has 0 aromatic rings. The van der Waals surface area contributed by atoms with Crippen LogP contribution in [0.15, 0.2) is 0 Å². The fourth-order valence-corrected chi connectivity index (χ4v) is 0.421. The molecule has 44 valence electrons. The molecule has 0 aliphatic carbocycles. The largest absolute Gasteiger partial charge is 0.381 e. The van der Waals surface area contributed by atoms with E-state index < -0.39 is 0 Å². The van der Waals surface area contributed by atoms with Gasteiger partial charge in [-0.3, -0.25) is 0 Å². The molecule has 0 saturated carbocycles. The van der Waals surface area contributed by atoms with E-state index in [2.05, 4.69) is 0 Å². The molecule has 1 aliphatic rings. The molecule has 1 aliphatic heterocycles. The average Bonchev–Trinajstić information content (AvgIpc) is 1.31. The van der Waals surface area contributed by atoms with Crippen LogP contribution in [0.4, 0.5) is 0 Å². The van der Waals surface area contributed by atoms with Gasteiger partial charge in [0.2, 0.25) is 0 Å². The van der Waals surface area contributed by atoms with Crippen molar-refractivity contribution < 1.29 is 4.74 Å². The summed E-state index contributed by atoms with van der Waals surface area (Å²) in [6, 6.07) is 0. The summed E-state index contributed by atoms with van der Waals surface area (Å²) >= 11 is 0. The van der Waals surface area contributed by atoms with Gasteiger partial charge in [-0.05, 0) is 6.54 Å². The van der Waals surface area contributed by atoms with Crippen molar-refractivity contribution in [2.24, 2.45) is 11.7 Å². The van der Waals surface area contributed by atoms with Gasteiger partial charge in [-0.2, -0.15) is 0 Å². The summed E-state index contributed by atoms with van der Waals surface area (Å²) in [5.41, 5.74) is 5.25. The van der Waals surface area contributed by atoms with E-state index in [1.54, 1.807) is 0 Å². The number of nitrogens with two attached hydrogens (primary N) is 1. The van der Waals surface area contributed by atoms with Gasteiger partial charge in [0.15, 0.2) is 0 Å². The lowest BCUT2D eigenvalue weighted by molar-refractivity contribution is -0.0268. The highest BCUT2D eigenvalue weighted by molar-refractivity contribution is 4.64. The SMILES string of the molecule is N.NCC1COC1. The maximum Gasteiger partial charge on any atom is 0.0528 e. The maximum absolute atomic E-state index is 5.25. The third-order valence-corrected chi connectivity index (χ3v) is 1.04. The zero-order valence-electron chi connectivity index (χ0n) is 4.39. The third-order valence-electron chi connectivity index (χ3n) is 1.04. The van der Waals surface area contributed by atoms with E-state index in [-0.39, 0.29) is 6.15 Å². The van der Waals surface area contributed by atoms with E-state index in [0.717, 1.165) is 19.8 Å². The van der Waals surface area contributed by atoms with Crippen molar-refractivity contribution in [3.8, 4) is 0 Å². The highest BCUT2D eigenvalue weighted by Gasteiger charge is 2.14. The van der Waals surface area contributed by atoms with Crippen molar-refractivity contribution in [2.75, 3.05) is 19.8 Å². The Kier molecular flexibility index (Phi) is 2.91. The van der Waals surface area contributed by atoms with Crippen molar-refractivity contribution in [3.63, 3.8) is 0 Å². The summed E-state index contributed by atoms with van der Waals surface area (Å²) in [6.45, 7) is 2.56. The first-order chi connectivity index (χ1) is 2.93. The summed E-state index contributed by atoms with van der Waals surface area (Å²) < 4.78 is 4.85. The van der Waals surface area contributed by atoms with Gasteiger partial charge in [-0.1, -0.05) is 0 Å². The van der Waals surface area contributed by atoms with E-state index in [1.807, 2.05) is 0 Å². The van der Waals surface area contributed by atoms with Crippen LogP contribution in [0, 0.1) is 5.92 Å². The predicted molar refractivity (Wildman–Crippen MR) is 28.4 cm³/mol. The number of hydrogen-bond donors (Lipinski definition) is 2. The monoisotopic (exact) mass is 104 g/mol. The molecule has 0 aromatic heterocycles. The quantitative estimate of drug-likeness (QED) is 0.482. The molecule has 0 bridgehead atoms. The Balaban J connectivity index is 0.000000360. The second-order valence-corrected chi connectivity index (χ2v) is 1.64. The first kappa shape index (κ1) is 6.88. The minimum atomic E-state index is 0. The van der Waals surface area contributed by atoms with Gasteiger partial charge in [-0.25, -0.2) is 0 Å². The molecule has 7 heavy (non-hydrogen) atoms. The zero-order chi connectivity index (χ0) is 4.41. The van der Waals surface area contributed by atoms with Crippen LogP contribution in [0.3, 0.4) is 0 Å². The van der Waals surface area contributed by atoms with Crippen LogP contribution >= 0.6 is 0 Å². The topological polar surface area (TPSA) is 70.2 Å². The standard InChI is InChI=1S/C4H9NO.H3N/c5-1-4-2-6-3-4;/h4H,1-3,5H2;1H3. The van der Waals surface area contributed by atoms with Gasteiger partial charge < -0.3 is 16.6 Å². The van der Waals surface area contributed by atoms with Crippen LogP contribution in [0.2, 0.25) is 0 Å². The molecular weight excluding hydrogens is 92.1 g/mol. The Morgan fingerprint density at radius 2 is 2.14 bits per heavy atom. The highest BCUT2D eigenvalue weighted by Crippen LogP contribution is 2.05. The second-order valence-electron chi connectivity index (χ2n) is 1.64. The van der Waals surface area contributed by atoms with Crippen LogP contribution in [-0.4, -0.2) is 19.8 Å². The summed E-state index contributed by atoms with van der Waals surface area (Å²) in [5, 5.41) is 0. The van der Waals surface area contributed by atoms with E-state index in [4.69, 9.17) is 10.5 Å². The molecular formula is C4H12N2O. The highest BCUT2D eigenvalue weighted by atomic mass is 16.5. The van der Waals surface area contributed by atoms with Gasteiger partial charge in [-0.15, -0.1) is 0 Å². The average molecular weight is 104 g/mol. The molecule has 5 N–H and O–H groups in total. The Hall–Kier alpha value is -0.120. The minimum absolute atomic E-state index is 0. The molecule has 1 rings (SSSR count). The lowest BCUT2D eigenvalue weighted by atomic mass is 10.1. The summed E-state index contributed by atoms with van der Waals surface area (Å²) in [6.07, 6.45) is 0. The Labute approximate surface area is 43.4 Å². The minimum Gasteiger partial charge on any atom is -0.381 e. The molecule has 1 saturated heterocycles. The molecule has 1 heterocycles. The van der Waals surface area contributed by atoms with Crippen LogP contribution in [0.5, 0.6) is 0 Å². The maximum atomic E-state index is 5.25. The molecule has 3 heteroatoms.